The minimum atomic E-state index is -0.383. The van der Waals surface area contributed by atoms with Crippen molar-refractivity contribution in [1.82, 2.24) is 4.57 Å². The smallest absolute Gasteiger partial charge is 0.344 e. The van der Waals surface area contributed by atoms with E-state index in [0.717, 1.165) is 35.1 Å². The first-order valence-electron chi connectivity index (χ1n) is 12.7. The largest absolute Gasteiger partial charge is 0.482 e. The van der Waals surface area contributed by atoms with Crippen LogP contribution in [0.2, 0.25) is 0 Å². The molecule has 0 aliphatic rings. The maximum atomic E-state index is 12.6. The number of hydrogen-bond donors (Lipinski definition) is 0. The number of rotatable bonds is 10. The van der Waals surface area contributed by atoms with Crippen LogP contribution in [0.4, 0.5) is 0 Å². The van der Waals surface area contributed by atoms with E-state index in [1.165, 1.54) is 16.7 Å². The van der Waals surface area contributed by atoms with Gasteiger partial charge in [0.2, 0.25) is 0 Å². The van der Waals surface area contributed by atoms with Crippen molar-refractivity contribution in [3.05, 3.63) is 112 Å². The molecule has 4 aromatic rings. The molecule has 5 nitrogen and oxygen atoms in total. The Morgan fingerprint density at radius 1 is 0.865 bits per heavy atom. The lowest BCUT2D eigenvalue weighted by Gasteiger charge is -2.14. The van der Waals surface area contributed by atoms with Crippen LogP contribution < -0.4 is 10.3 Å². The van der Waals surface area contributed by atoms with Crippen LogP contribution in [0.3, 0.4) is 0 Å². The topological polar surface area (TPSA) is 57.5 Å². The van der Waals surface area contributed by atoms with Crippen LogP contribution in [0.5, 0.6) is 5.75 Å². The maximum absolute atomic E-state index is 12.6. The fraction of sp³-hybridized carbons (Fsp3) is 0.250. The fourth-order valence-electron chi connectivity index (χ4n) is 4.54. The zero-order chi connectivity index (χ0) is 26.2. The van der Waals surface area contributed by atoms with E-state index in [9.17, 15) is 9.59 Å². The van der Waals surface area contributed by atoms with E-state index in [-0.39, 0.29) is 18.1 Å². The Balaban J connectivity index is 1.47. The number of pyridine rings is 1. The highest BCUT2D eigenvalue weighted by molar-refractivity contribution is 5.84. The highest BCUT2D eigenvalue weighted by Crippen LogP contribution is 2.33. The molecule has 0 N–H and O–H groups in total. The van der Waals surface area contributed by atoms with Gasteiger partial charge in [0.15, 0.2) is 6.61 Å². The van der Waals surface area contributed by atoms with Crippen LogP contribution >= 0.6 is 0 Å². The molecule has 5 heteroatoms. The van der Waals surface area contributed by atoms with E-state index in [4.69, 9.17) is 9.47 Å². The van der Waals surface area contributed by atoms with Gasteiger partial charge in [-0.1, -0.05) is 60.2 Å². The van der Waals surface area contributed by atoms with Gasteiger partial charge >= 0.3 is 5.97 Å². The van der Waals surface area contributed by atoms with Gasteiger partial charge in [-0.15, -0.1) is 0 Å². The highest BCUT2D eigenvalue weighted by Gasteiger charge is 2.11. The molecular formula is C32H33NO4. The van der Waals surface area contributed by atoms with Crippen molar-refractivity contribution < 1.29 is 14.3 Å². The molecule has 3 aromatic carbocycles. The number of benzene rings is 3. The Labute approximate surface area is 218 Å². The molecule has 0 radical (unpaired) electrons. The number of aromatic nitrogens is 1. The van der Waals surface area contributed by atoms with Crippen molar-refractivity contribution in [1.29, 1.82) is 0 Å². The lowest BCUT2D eigenvalue weighted by Crippen LogP contribution is -2.19. The summed E-state index contributed by atoms with van der Waals surface area (Å²) in [7, 11) is 0. The summed E-state index contributed by atoms with van der Waals surface area (Å²) in [4.78, 5) is 24.2. The molecule has 4 rings (SSSR count). The first-order chi connectivity index (χ1) is 17.9. The van der Waals surface area contributed by atoms with Crippen molar-refractivity contribution in [2.24, 2.45) is 0 Å². The second kappa shape index (κ2) is 12.2. The molecule has 1 heterocycles. The van der Waals surface area contributed by atoms with Crippen LogP contribution in [0.1, 0.15) is 30.0 Å². The lowest BCUT2D eigenvalue weighted by molar-refractivity contribution is -0.145. The highest BCUT2D eigenvalue weighted by atomic mass is 16.6. The van der Waals surface area contributed by atoms with Crippen molar-refractivity contribution in [3.63, 3.8) is 0 Å². The third-order valence-electron chi connectivity index (χ3n) is 6.32. The average Bonchev–Trinajstić information content (AvgIpc) is 2.89. The number of carbonyl (C=O) groups is 1. The Bertz CT molecular complexity index is 1440. The normalized spacial score (nSPS) is 10.8. The Morgan fingerprint density at radius 3 is 2.46 bits per heavy atom. The fourth-order valence-corrected chi connectivity index (χ4v) is 4.54. The quantitative estimate of drug-likeness (QED) is 0.240. The van der Waals surface area contributed by atoms with Crippen LogP contribution in [0.25, 0.3) is 22.3 Å². The summed E-state index contributed by atoms with van der Waals surface area (Å²) in [6.45, 7) is 6.83. The van der Waals surface area contributed by atoms with Crippen molar-refractivity contribution in [2.45, 2.75) is 40.2 Å². The van der Waals surface area contributed by atoms with Gasteiger partial charge in [0, 0.05) is 18.8 Å². The zero-order valence-corrected chi connectivity index (χ0v) is 21.7. The number of carbonyl (C=O) groups excluding carboxylic acids is 1. The van der Waals surface area contributed by atoms with E-state index in [1.807, 2.05) is 42.6 Å². The Hall–Kier alpha value is -4.12. The van der Waals surface area contributed by atoms with Gasteiger partial charge < -0.3 is 14.0 Å². The molecule has 37 heavy (non-hydrogen) atoms. The summed E-state index contributed by atoms with van der Waals surface area (Å²) >= 11 is 0. The first kappa shape index (κ1) is 26.0. The maximum Gasteiger partial charge on any atom is 0.344 e. The van der Waals surface area contributed by atoms with Crippen molar-refractivity contribution >= 4 is 5.97 Å². The van der Waals surface area contributed by atoms with Gasteiger partial charge in [-0.25, -0.2) is 4.79 Å². The molecule has 0 spiro atoms. The van der Waals surface area contributed by atoms with Crippen LogP contribution in [0.15, 0.2) is 89.9 Å². The summed E-state index contributed by atoms with van der Waals surface area (Å²) in [6.07, 6.45) is 3.54. The number of aryl methyl sites for hydroxylation is 4. The number of ether oxygens (including phenoxy) is 2. The van der Waals surface area contributed by atoms with Gasteiger partial charge in [0.05, 0.1) is 6.61 Å². The predicted octanol–water partition coefficient (Wildman–Crippen LogP) is 6.37. The Kier molecular flexibility index (Phi) is 8.57. The van der Waals surface area contributed by atoms with Gasteiger partial charge in [0.1, 0.15) is 5.75 Å². The molecule has 0 aliphatic heterocycles. The van der Waals surface area contributed by atoms with Gasteiger partial charge in [-0.3, -0.25) is 4.79 Å². The number of esters is 1. The first-order valence-corrected chi connectivity index (χ1v) is 12.7. The third-order valence-corrected chi connectivity index (χ3v) is 6.32. The minimum absolute atomic E-state index is 0.0146. The Morgan fingerprint density at radius 2 is 1.68 bits per heavy atom. The SMILES string of the molecule is CCOC(=O)COc1cccc(CCCn2cc(-c3ccccc3-c3ccc(C)cc3C)ccc2=O)c1. The van der Waals surface area contributed by atoms with Crippen LogP contribution in [-0.4, -0.2) is 23.8 Å². The molecule has 0 amide bonds. The molecule has 0 unspecified atom stereocenters. The molecule has 0 fully saturated rings. The van der Waals surface area contributed by atoms with E-state index in [2.05, 4.69) is 50.2 Å². The molecule has 0 atom stereocenters. The predicted molar refractivity (Wildman–Crippen MR) is 148 cm³/mol. The van der Waals surface area contributed by atoms with Crippen LogP contribution in [-0.2, 0) is 22.5 Å². The zero-order valence-electron chi connectivity index (χ0n) is 21.7. The van der Waals surface area contributed by atoms with Gasteiger partial charge in [-0.05, 0) is 85.2 Å². The molecule has 1 aromatic heterocycles. The van der Waals surface area contributed by atoms with Crippen molar-refractivity contribution in [3.8, 4) is 28.0 Å². The summed E-state index contributed by atoms with van der Waals surface area (Å²) in [6, 6.07) is 26.1. The second-order valence-electron chi connectivity index (χ2n) is 9.16. The van der Waals surface area contributed by atoms with Crippen molar-refractivity contribution in [2.75, 3.05) is 13.2 Å². The summed E-state index contributed by atoms with van der Waals surface area (Å²) in [5.41, 5.74) is 8.02. The van der Waals surface area contributed by atoms with E-state index >= 15 is 0 Å². The summed E-state index contributed by atoms with van der Waals surface area (Å²) < 4.78 is 12.2. The summed E-state index contributed by atoms with van der Waals surface area (Å²) in [5.74, 6) is 0.249. The van der Waals surface area contributed by atoms with E-state index in [0.29, 0.717) is 18.9 Å². The molecule has 190 valence electrons. The molecule has 0 bridgehead atoms. The molecule has 0 aliphatic carbocycles. The molecular weight excluding hydrogens is 462 g/mol. The monoisotopic (exact) mass is 495 g/mol. The summed E-state index contributed by atoms with van der Waals surface area (Å²) in [5, 5.41) is 0. The lowest BCUT2D eigenvalue weighted by atomic mass is 9.92. The number of nitrogens with zero attached hydrogens (tertiary/aromatic N) is 1. The standard InChI is InChI=1S/C32H33NO4/c1-4-36-32(35)22-37-27-11-7-9-25(20-27)10-8-18-33-21-26(15-17-31(33)34)29-12-5-6-13-30(29)28-16-14-23(2)19-24(28)3/h5-7,9,11-17,19-21H,4,8,10,18,22H2,1-3H3. The average molecular weight is 496 g/mol. The molecule has 0 saturated heterocycles. The van der Waals surface area contributed by atoms with Gasteiger partial charge in [-0.2, -0.15) is 0 Å². The minimum Gasteiger partial charge on any atom is -0.482 e. The number of hydrogen-bond acceptors (Lipinski definition) is 4. The van der Waals surface area contributed by atoms with E-state index in [1.54, 1.807) is 17.6 Å². The third kappa shape index (κ3) is 6.76. The second-order valence-corrected chi connectivity index (χ2v) is 9.16. The van der Waals surface area contributed by atoms with Crippen LogP contribution in [0, 0.1) is 13.8 Å². The van der Waals surface area contributed by atoms with Gasteiger partial charge in [0.25, 0.3) is 5.56 Å². The van der Waals surface area contributed by atoms with E-state index < -0.39 is 0 Å². The molecule has 0 saturated carbocycles.